The topological polar surface area (TPSA) is 55.2 Å². The van der Waals surface area contributed by atoms with Crippen LogP contribution in [0.3, 0.4) is 0 Å². The molecule has 0 bridgehead atoms. The Balaban J connectivity index is 1.83. The Morgan fingerprint density at radius 2 is 1.95 bits per heavy atom. The van der Waals surface area contributed by atoms with E-state index in [2.05, 4.69) is 12.2 Å². The Hall–Kier alpha value is -1.42. The van der Waals surface area contributed by atoms with Crippen LogP contribution in [-0.2, 0) is 6.54 Å². The average molecular weight is 262 g/mol. The third-order valence-electron chi connectivity index (χ3n) is 4.00. The molecule has 4 nitrogen and oxygen atoms in total. The second-order valence-corrected chi connectivity index (χ2v) is 5.61. The van der Waals surface area contributed by atoms with E-state index in [1.54, 1.807) is 12.1 Å². The molecule has 0 spiro atoms. The van der Waals surface area contributed by atoms with Gasteiger partial charge in [-0.15, -0.1) is 0 Å². The van der Waals surface area contributed by atoms with Gasteiger partial charge in [-0.25, -0.2) is 0 Å². The first kappa shape index (κ1) is 14.0. The van der Waals surface area contributed by atoms with Gasteiger partial charge in [0.05, 0.1) is 4.92 Å². The number of nitro benzene ring substituents is 1. The second-order valence-electron chi connectivity index (χ2n) is 5.61. The highest BCUT2D eigenvalue weighted by Crippen LogP contribution is 2.23. The lowest BCUT2D eigenvalue weighted by molar-refractivity contribution is -0.384. The minimum absolute atomic E-state index is 0.159. The number of hydrogen-bond acceptors (Lipinski definition) is 3. The summed E-state index contributed by atoms with van der Waals surface area (Å²) in [7, 11) is 0. The van der Waals surface area contributed by atoms with Crippen LogP contribution in [0.4, 0.5) is 5.69 Å². The van der Waals surface area contributed by atoms with Crippen molar-refractivity contribution in [3.8, 4) is 0 Å². The van der Waals surface area contributed by atoms with E-state index in [9.17, 15) is 10.1 Å². The Labute approximate surface area is 114 Å². The van der Waals surface area contributed by atoms with E-state index in [4.69, 9.17) is 0 Å². The number of nitro groups is 1. The zero-order valence-corrected chi connectivity index (χ0v) is 11.5. The van der Waals surface area contributed by atoms with Gasteiger partial charge in [0.1, 0.15) is 0 Å². The van der Waals surface area contributed by atoms with Crippen LogP contribution in [0.1, 0.15) is 44.6 Å². The van der Waals surface area contributed by atoms with Gasteiger partial charge in [-0.2, -0.15) is 0 Å². The van der Waals surface area contributed by atoms with E-state index in [1.165, 1.54) is 32.1 Å². The van der Waals surface area contributed by atoms with Crippen molar-refractivity contribution in [1.29, 1.82) is 0 Å². The monoisotopic (exact) mass is 262 g/mol. The van der Waals surface area contributed by atoms with E-state index >= 15 is 0 Å². The van der Waals surface area contributed by atoms with Crippen molar-refractivity contribution in [2.24, 2.45) is 5.92 Å². The molecular weight excluding hydrogens is 240 g/mol. The fraction of sp³-hybridized carbons (Fsp3) is 0.600. The summed E-state index contributed by atoms with van der Waals surface area (Å²) in [5.41, 5.74) is 1.27. The summed E-state index contributed by atoms with van der Waals surface area (Å²) >= 11 is 0. The van der Waals surface area contributed by atoms with Crippen molar-refractivity contribution in [3.05, 3.63) is 39.9 Å². The van der Waals surface area contributed by atoms with Gasteiger partial charge in [0.15, 0.2) is 0 Å². The molecule has 2 unspecified atom stereocenters. The van der Waals surface area contributed by atoms with Crippen LogP contribution in [-0.4, -0.2) is 11.0 Å². The van der Waals surface area contributed by atoms with Gasteiger partial charge < -0.3 is 5.32 Å². The lowest BCUT2D eigenvalue weighted by Gasteiger charge is -2.16. The number of benzene rings is 1. The average Bonchev–Trinajstić information content (AvgIpc) is 2.61. The lowest BCUT2D eigenvalue weighted by Crippen LogP contribution is -2.27. The second kappa shape index (κ2) is 6.66. The Morgan fingerprint density at radius 3 is 2.63 bits per heavy atom. The van der Waals surface area contributed by atoms with Crippen molar-refractivity contribution in [2.75, 3.05) is 0 Å². The van der Waals surface area contributed by atoms with Crippen molar-refractivity contribution in [2.45, 2.75) is 51.6 Å². The highest BCUT2D eigenvalue weighted by molar-refractivity contribution is 5.32. The molecule has 0 amide bonds. The molecule has 104 valence electrons. The molecule has 1 aliphatic carbocycles. The van der Waals surface area contributed by atoms with Crippen LogP contribution in [0.5, 0.6) is 0 Å². The highest BCUT2D eigenvalue weighted by Gasteiger charge is 2.15. The number of rotatable bonds is 4. The minimum Gasteiger partial charge on any atom is -0.310 e. The molecule has 0 saturated heterocycles. The fourth-order valence-electron chi connectivity index (χ4n) is 2.69. The summed E-state index contributed by atoms with van der Waals surface area (Å²) in [6.07, 6.45) is 6.44. The van der Waals surface area contributed by atoms with Crippen molar-refractivity contribution < 1.29 is 4.92 Å². The third-order valence-corrected chi connectivity index (χ3v) is 4.00. The molecule has 1 N–H and O–H groups in total. The Kier molecular flexibility index (Phi) is 4.91. The first-order chi connectivity index (χ1) is 9.15. The number of hydrogen-bond donors (Lipinski definition) is 1. The molecule has 1 aliphatic rings. The van der Waals surface area contributed by atoms with Gasteiger partial charge in [0.2, 0.25) is 0 Å². The molecule has 1 aromatic rings. The fourth-order valence-corrected chi connectivity index (χ4v) is 2.69. The van der Waals surface area contributed by atoms with Crippen LogP contribution in [0.15, 0.2) is 24.3 Å². The van der Waals surface area contributed by atoms with Crippen LogP contribution in [0, 0.1) is 16.0 Å². The predicted molar refractivity (Wildman–Crippen MR) is 76.0 cm³/mol. The molecule has 1 fully saturated rings. The molecule has 1 aromatic carbocycles. The van der Waals surface area contributed by atoms with E-state index in [1.807, 2.05) is 12.1 Å². The lowest BCUT2D eigenvalue weighted by atomic mass is 10.0. The smallest absolute Gasteiger partial charge is 0.269 e. The van der Waals surface area contributed by atoms with Crippen molar-refractivity contribution in [1.82, 2.24) is 5.32 Å². The van der Waals surface area contributed by atoms with Crippen molar-refractivity contribution in [3.63, 3.8) is 0 Å². The summed E-state index contributed by atoms with van der Waals surface area (Å²) in [5.74, 6) is 0.853. The molecule has 0 aliphatic heterocycles. The molecule has 0 radical (unpaired) electrons. The summed E-state index contributed by atoms with van der Waals surface area (Å²) < 4.78 is 0. The highest BCUT2D eigenvalue weighted by atomic mass is 16.6. The van der Waals surface area contributed by atoms with Crippen LogP contribution in [0.25, 0.3) is 0 Å². The standard InChI is InChI=1S/C15H22N2O2/c1-12-3-2-4-14(8-5-12)16-11-13-6-9-15(10-7-13)17(18)19/h6-7,9-10,12,14,16H,2-5,8,11H2,1H3. The molecule has 2 rings (SSSR count). The van der Waals surface area contributed by atoms with Gasteiger partial charge in [0.25, 0.3) is 5.69 Å². The number of nitrogens with one attached hydrogen (secondary N) is 1. The molecule has 0 heterocycles. The molecule has 1 saturated carbocycles. The molecular formula is C15H22N2O2. The zero-order valence-electron chi connectivity index (χ0n) is 11.5. The van der Waals surface area contributed by atoms with Gasteiger partial charge in [-0.05, 0) is 30.7 Å². The quantitative estimate of drug-likeness (QED) is 0.512. The summed E-state index contributed by atoms with van der Waals surface area (Å²) in [6.45, 7) is 3.13. The molecule has 4 heteroatoms. The normalized spacial score (nSPS) is 23.8. The van der Waals surface area contributed by atoms with Crippen LogP contribution < -0.4 is 5.32 Å². The van der Waals surface area contributed by atoms with Crippen LogP contribution >= 0.6 is 0 Å². The Bertz CT molecular complexity index is 417. The molecule has 19 heavy (non-hydrogen) atoms. The largest absolute Gasteiger partial charge is 0.310 e. The van der Waals surface area contributed by atoms with Crippen molar-refractivity contribution >= 4 is 5.69 Å². The maximum absolute atomic E-state index is 10.6. The summed E-state index contributed by atoms with van der Waals surface area (Å²) in [5, 5.41) is 14.2. The maximum atomic E-state index is 10.6. The molecule has 2 atom stereocenters. The van der Waals surface area contributed by atoms with E-state index in [0.717, 1.165) is 18.0 Å². The number of nitrogens with zero attached hydrogens (tertiary/aromatic N) is 1. The molecule has 0 aromatic heterocycles. The van der Waals surface area contributed by atoms with Gasteiger partial charge in [-0.1, -0.05) is 31.9 Å². The SMILES string of the molecule is CC1CCCC(NCc2ccc([N+](=O)[O-])cc2)CC1. The predicted octanol–water partition coefficient (Wildman–Crippen LogP) is 3.65. The third kappa shape index (κ3) is 4.31. The summed E-state index contributed by atoms with van der Waals surface area (Å²) in [6, 6.07) is 7.42. The van der Waals surface area contributed by atoms with E-state index in [0.29, 0.717) is 6.04 Å². The number of non-ortho nitro benzene ring substituents is 1. The minimum atomic E-state index is -0.357. The zero-order chi connectivity index (χ0) is 13.7. The van der Waals surface area contributed by atoms with Gasteiger partial charge in [0, 0.05) is 24.7 Å². The summed E-state index contributed by atoms with van der Waals surface area (Å²) in [4.78, 5) is 10.2. The van der Waals surface area contributed by atoms with Gasteiger partial charge in [-0.3, -0.25) is 10.1 Å². The van der Waals surface area contributed by atoms with Crippen LogP contribution in [0.2, 0.25) is 0 Å². The van der Waals surface area contributed by atoms with Gasteiger partial charge >= 0.3 is 0 Å². The maximum Gasteiger partial charge on any atom is 0.269 e. The van der Waals surface area contributed by atoms with E-state index < -0.39 is 0 Å². The first-order valence-corrected chi connectivity index (χ1v) is 7.12. The van der Waals surface area contributed by atoms with E-state index in [-0.39, 0.29) is 10.6 Å². The first-order valence-electron chi connectivity index (χ1n) is 7.12. The Morgan fingerprint density at radius 1 is 1.21 bits per heavy atom.